The SMILES string of the molecule is CCCC[C@@H](N)c1c(F)cc(Cl)cc1F. The van der Waals surface area contributed by atoms with E-state index in [1.165, 1.54) is 0 Å². The lowest BCUT2D eigenvalue weighted by Gasteiger charge is -2.13. The topological polar surface area (TPSA) is 26.0 Å². The van der Waals surface area contributed by atoms with Crippen LogP contribution in [-0.2, 0) is 0 Å². The maximum atomic E-state index is 13.4. The quantitative estimate of drug-likeness (QED) is 0.841. The van der Waals surface area contributed by atoms with Crippen molar-refractivity contribution in [2.45, 2.75) is 32.2 Å². The van der Waals surface area contributed by atoms with E-state index < -0.39 is 17.7 Å². The van der Waals surface area contributed by atoms with E-state index in [-0.39, 0.29) is 10.6 Å². The molecule has 0 amide bonds. The Morgan fingerprint density at radius 1 is 1.33 bits per heavy atom. The highest BCUT2D eigenvalue weighted by atomic mass is 35.5. The number of rotatable bonds is 4. The second-order valence-corrected chi connectivity index (χ2v) is 3.97. The second kappa shape index (κ2) is 5.42. The van der Waals surface area contributed by atoms with Gasteiger partial charge in [-0.25, -0.2) is 8.78 Å². The molecule has 4 heteroatoms. The van der Waals surface area contributed by atoms with Gasteiger partial charge in [-0.1, -0.05) is 31.4 Å². The molecule has 0 unspecified atom stereocenters. The molecule has 1 nitrogen and oxygen atoms in total. The Balaban J connectivity index is 2.92. The average molecular weight is 234 g/mol. The highest BCUT2D eigenvalue weighted by Gasteiger charge is 2.17. The molecule has 84 valence electrons. The van der Waals surface area contributed by atoms with E-state index in [9.17, 15) is 8.78 Å². The first-order valence-electron chi connectivity index (χ1n) is 4.96. The number of hydrogen-bond acceptors (Lipinski definition) is 1. The Morgan fingerprint density at radius 3 is 2.33 bits per heavy atom. The van der Waals surface area contributed by atoms with E-state index in [2.05, 4.69) is 0 Å². The van der Waals surface area contributed by atoms with Gasteiger partial charge in [-0.2, -0.15) is 0 Å². The van der Waals surface area contributed by atoms with Crippen LogP contribution in [0.15, 0.2) is 12.1 Å². The van der Waals surface area contributed by atoms with Crippen molar-refractivity contribution in [1.29, 1.82) is 0 Å². The monoisotopic (exact) mass is 233 g/mol. The van der Waals surface area contributed by atoms with Crippen molar-refractivity contribution in [2.24, 2.45) is 5.73 Å². The number of nitrogens with two attached hydrogens (primary N) is 1. The molecule has 0 bridgehead atoms. The predicted octanol–water partition coefficient (Wildman–Crippen LogP) is 3.81. The summed E-state index contributed by atoms with van der Waals surface area (Å²) in [6.45, 7) is 2.00. The molecule has 1 atom stereocenters. The maximum Gasteiger partial charge on any atom is 0.132 e. The fraction of sp³-hybridized carbons (Fsp3) is 0.455. The number of benzene rings is 1. The molecule has 0 saturated carbocycles. The van der Waals surface area contributed by atoms with Crippen molar-refractivity contribution in [3.63, 3.8) is 0 Å². The standard InChI is InChI=1S/C11H14ClF2N/c1-2-3-4-10(15)11-8(13)5-7(12)6-9(11)14/h5-6,10H,2-4,15H2,1H3/t10-/m1/s1. The van der Waals surface area contributed by atoms with Crippen molar-refractivity contribution in [3.05, 3.63) is 34.4 Å². The van der Waals surface area contributed by atoms with E-state index in [0.29, 0.717) is 6.42 Å². The van der Waals surface area contributed by atoms with Gasteiger partial charge in [-0.3, -0.25) is 0 Å². The summed E-state index contributed by atoms with van der Waals surface area (Å²) in [6, 6.07) is 1.58. The van der Waals surface area contributed by atoms with Crippen molar-refractivity contribution in [2.75, 3.05) is 0 Å². The highest BCUT2D eigenvalue weighted by molar-refractivity contribution is 6.30. The predicted molar refractivity (Wildman–Crippen MR) is 57.8 cm³/mol. The molecule has 0 aromatic heterocycles. The van der Waals surface area contributed by atoms with Crippen LogP contribution in [0.2, 0.25) is 5.02 Å². The molecular formula is C11H14ClF2N. The molecule has 0 heterocycles. The van der Waals surface area contributed by atoms with E-state index in [1.54, 1.807) is 0 Å². The van der Waals surface area contributed by atoms with Crippen molar-refractivity contribution >= 4 is 11.6 Å². The molecule has 0 aliphatic carbocycles. The minimum Gasteiger partial charge on any atom is -0.324 e. The normalized spacial score (nSPS) is 12.9. The van der Waals surface area contributed by atoms with Crippen molar-refractivity contribution in [3.8, 4) is 0 Å². The van der Waals surface area contributed by atoms with Gasteiger partial charge >= 0.3 is 0 Å². The Labute approximate surface area is 93.2 Å². The summed E-state index contributed by atoms with van der Waals surface area (Å²) in [7, 11) is 0. The minimum absolute atomic E-state index is 0.0523. The molecule has 0 saturated heterocycles. The summed E-state index contributed by atoms with van der Waals surface area (Å²) in [6.07, 6.45) is 2.37. The van der Waals surface area contributed by atoms with Crippen LogP contribution in [0.4, 0.5) is 8.78 Å². The molecule has 0 radical (unpaired) electrons. The summed E-state index contributed by atoms with van der Waals surface area (Å²) in [5, 5.41) is 0.0523. The van der Waals surface area contributed by atoms with Crippen LogP contribution in [-0.4, -0.2) is 0 Å². The maximum absolute atomic E-state index is 13.4. The lowest BCUT2D eigenvalue weighted by atomic mass is 10.0. The van der Waals surface area contributed by atoms with Crippen LogP contribution < -0.4 is 5.73 Å². The zero-order chi connectivity index (χ0) is 11.4. The molecule has 0 spiro atoms. The van der Waals surface area contributed by atoms with Gasteiger partial charge in [0, 0.05) is 16.6 Å². The van der Waals surface area contributed by atoms with E-state index >= 15 is 0 Å². The third kappa shape index (κ3) is 3.14. The molecule has 15 heavy (non-hydrogen) atoms. The number of hydrogen-bond donors (Lipinski definition) is 1. The second-order valence-electron chi connectivity index (χ2n) is 3.53. The first-order chi connectivity index (χ1) is 7.06. The molecule has 1 aromatic carbocycles. The van der Waals surface area contributed by atoms with Crippen molar-refractivity contribution in [1.82, 2.24) is 0 Å². The third-order valence-electron chi connectivity index (χ3n) is 2.28. The van der Waals surface area contributed by atoms with Gasteiger partial charge < -0.3 is 5.73 Å². The molecule has 1 rings (SSSR count). The number of unbranched alkanes of at least 4 members (excludes halogenated alkanes) is 1. The van der Waals surface area contributed by atoms with Crippen LogP contribution in [0.5, 0.6) is 0 Å². The Morgan fingerprint density at radius 2 is 1.87 bits per heavy atom. The Bertz CT molecular complexity index is 318. The first kappa shape index (κ1) is 12.4. The minimum atomic E-state index is -0.663. The van der Waals surface area contributed by atoms with E-state index in [0.717, 1.165) is 25.0 Å². The van der Waals surface area contributed by atoms with Gasteiger partial charge in [0.25, 0.3) is 0 Å². The van der Waals surface area contributed by atoms with Gasteiger partial charge in [0.15, 0.2) is 0 Å². The lowest BCUT2D eigenvalue weighted by molar-refractivity contribution is 0.502. The van der Waals surface area contributed by atoms with Crippen LogP contribution in [0.25, 0.3) is 0 Å². The summed E-state index contributed by atoms with van der Waals surface area (Å²) in [5.74, 6) is -1.33. The van der Waals surface area contributed by atoms with Crippen LogP contribution in [0.3, 0.4) is 0 Å². The Kier molecular flexibility index (Phi) is 4.48. The zero-order valence-electron chi connectivity index (χ0n) is 8.56. The molecule has 1 aromatic rings. The highest BCUT2D eigenvalue weighted by Crippen LogP contribution is 2.26. The smallest absolute Gasteiger partial charge is 0.132 e. The fourth-order valence-electron chi connectivity index (χ4n) is 1.48. The molecule has 0 aliphatic rings. The summed E-state index contributed by atoms with van der Waals surface area (Å²) in [5.41, 5.74) is 5.65. The van der Waals surface area contributed by atoms with Gasteiger partial charge in [-0.05, 0) is 18.6 Å². The molecular weight excluding hydrogens is 220 g/mol. The Hall–Kier alpha value is -0.670. The van der Waals surface area contributed by atoms with Gasteiger partial charge in [0.2, 0.25) is 0 Å². The largest absolute Gasteiger partial charge is 0.324 e. The summed E-state index contributed by atoms with van der Waals surface area (Å²) in [4.78, 5) is 0. The van der Waals surface area contributed by atoms with Gasteiger partial charge in [0.05, 0.1) is 0 Å². The fourth-order valence-corrected chi connectivity index (χ4v) is 1.67. The average Bonchev–Trinajstić information content (AvgIpc) is 2.12. The van der Waals surface area contributed by atoms with Crippen LogP contribution in [0.1, 0.15) is 37.8 Å². The first-order valence-corrected chi connectivity index (χ1v) is 5.34. The lowest BCUT2D eigenvalue weighted by Crippen LogP contribution is -2.14. The van der Waals surface area contributed by atoms with Crippen LogP contribution >= 0.6 is 11.6 Å². The molecule has 0 fully saturated rings. The summed E-state index contributed by atoms with van der Waals surface area (Å²) < 4.78 is 26.8. The van der Waals surface area contributed by atoms with Gasteiger partial charge in [0.1, 0.15) is 11.6 Å². The molecule has 2 N–H and O–H groups in total. The van der Waals surface area contributed by atoms with Gasteiger partial charge in [-0.15, -0.1) is 0 Å². The van der Waals surface area contributed by atoms with E-state index in [1.807, 2.05) is 6.92 Å². The molecule has 0 aliphatic heterocycles. The van der Waals surface area contributed by atoms with Crippen LogP contribution in [0, 0.1) is 11.6 Å². The van der Waals surface area contributed by atoms with Crippen molar-refractivity contribution < 1.29 is 8.78 Å². The summed E-state index contributed by atoms with van der Waals surface area (Å²) >= 11 is 5.51. The number of halogens is 3. The van der Waals surface area contributed by atoms with E-state index in [4.69, 9.17) is 17.3 Å². The third-order valence-corrected chi connectivity index (χ3v) is 2.50. The zero-order valence-corrected chi connectivity index (χ0v) is 9.32.